The molecule has 0 spiro atoms. The molecule has 1 amide bonds. The van der Waals surface area contributed by atoms with Gasteiger partial charge in [0.15, 0.2) is 0 Å². The zero-order chi connectivity index (χ0) is 19.5. The molecule has 0 aliphatic heterocycles. The Morgan fingerprint density at radius 3 is 2.68 bits per heavy atom. The number of benzene rings is 1. The van der Waals surface area contributed by atoms with Crippen LogP contribution in [0.1, 0.15) is 15.6 Å². The summed E-state index contributed by atoms with van der Waals surface area (Å²) < 4.78 is 7.28. The molecule has 3 heterocycles. The molecule has 0 aliphatic carbocycles. The number of amides is 1. The first kappa shape index (κ1) is 18.1. The van der Waals surface area contributed by atoms with Gasteiger partial charge in [-0.25, -0.2) is 0 Å². The maximum atomic E-state index is 12.0. The molecule has 0 saturated carbocycles. The SMILES string of the molecule is O=C(NCc1nc(-c2ccc(-n3ccccc3=O)cc2)no1)c1ccc(Cl)s1. The largest absolute Gasteiger partial charge is 0.342 e. The minimum atomic E-state index is -0.255. The Kier molecular flexibility index (Phi) is 5.05. The molecule has 9 heteroatoms. The molecule has 0 fully saturated rings. The Labute approximate surface area is 168 Å². The van der Waals surface area contributed by atoms with Crippen molar-refractivity contribution in [3.05, 3.63) is 86.3 Å². The van der Waals surface area contributed by atoms with Crippen LogP contribution in [0.3, 0.4) is 0 Å². The Hall–Kier alpha value is -3.23. The molecule has 4 aromatic rings. The topological polar surface area (TPSA) is 90.0 Å². The molecule has 140 valence electrons. The van der Waals surface area contributed by atoms with E-state index in [1.807, 2.05) is 0 Å². The van der Waals surface area contributed by atoms with Gasteiger partial charge in [-0.3, -0.25) is 14.2 Å². The van der Waals surface area contributed by atoms with Gasteiger partial charge in [0.2, 0.25) is 11.7 Å². The highest BCUT2D eigenvalue weighted by atomic mass is 35.5. The van der Waals surface area contributed by atoms with Crippen LogP contribution in [0.4, 0.5) is 0 Å². The number of nitrogens with one attached hydrogen (secondary N) is 1. The molecule has 7 nitrogen and oxygen atoms in total. The van der Waals surface area contributed by atoms with Crippen molar-refractivity contribution in [3.63, 3.8) is 0 Å². The van der Waals surface area contributed by atoms with E-state index in [-0.39, 0.29) is 23.9 Å². The molecule has 3 aromatic heterocycles. The Morgan fingerprint density at radius 2 is 1.96 bits per heavy atom. The highest BCUT2D eigenvalue weighted by Gasteiger charge is 2.12. The average Bonchev–Trinajstić information content (AvgIpc) is 3.36. The summed E-state index contributed by atoms with van der Waals surface area (Å²) in [6.07, 6.45) is 1.70. The van der Waals surface area contributed by atoms with Gasteiger partial charge >= 0.3 is 0 Å². The number of aromatic nitrogens is 3. The molecule has 0 aliphatic rings. The van der Waals surface area contributed by atoms with Crippen molar-refractivity contribution in [1.29, 1.82) is 0 Å². The quantitative estimate of drug-likeness (QED) is 0.541. The highest BCUT2D eigenvalue weighted by Crippen LogP contribution is 2.21. The van der Waals surface area contributed by atoms with E-state index in [0.717, 1.165) is 11.3 Å². The van der Waals surface area contributed by atoms with Crippen LogP contribution < -0.4 is 10.9 Å². The van der Waals surface area contributed by atoms with Gasteiger partial charge in [0.05, 0.1) is 15.8 Å². The van der Waals surface area contributed by atoms with E-state index in [1.165, 1.54) is 22.0 Å². The lowest BCUT2D eigenvalue weighted by Gasteiger charge is -2.04. The normalized spacial score (nSPS) is 10.8. The minimum Gasteiger partial charge on any atom is -0.342 e. The zero-order valence-electron chi connectivity index (χ0n) is 14.3. The molecule has 4 rings (SSSR count). The second kappa shape index (κ2) is 7.79. The summed E-state index contributed by atoms with van der Waals surface area (Å²) in [5.41, 5.74) is 1.36. The van der Waals surface area contributed by atoms with E-state index in [2.05, 4.69) is 15.5 Å². The molecule has 1 N–H and O–H groups in total. The van der Waals surface area contributed by atoms with Gasteiger partial charge in [0.25, 0.3) is 11.5 Å². The van der Waals surface area contributed by atoms with Gasteiger partial charge in [-0.05, 0) is 42.5 Å². The number of nitrogens with zero attached hydrogens (tertiary/aromatic N) is 3. The monoisotopic (exact) mass is 412 g/mol. The summed E-state index contributed by atoms with van der Waals surface area (Å²) in [7, 11) is 0. The average molecular weight is 413 g/mol. The molecule has 0 bridgehead atoms. The van der Waals surface area contributed by atoms with Gasteiger partial charge < -0.3 is 9.84 Å². The third-order valence-corrected chi connectivity index (χ3v) is 5.12. The maximum Gasteiger partial charge on any atom is 0.261 e. The van der Waals surface area contributed by atoms with Crippen LogP contribution in [0.15, 0.2) is 70.1 Å². The number of carbonyl (C=O) groups excluding carboxylic acids is 1. The number of rotatable bonds is 5. The van der Waals surface area contributed by atoms with Gasteiger partial charge in [0.1, 0.15) is 0 Å². The second-order valence-corrected chi connectivity index (χ2v) is 7.47. The summed E-state index contributed by atoms with van der Waals surface area (Å²) in [6.45, 7) is 0.110. The Bertz CT molecular complexity index is 1180. The molecule has 0 unspecified atom stereocenters. The van der Waals surface area contributed by atoms with E-state index >= 15 is 0 Å². The lowest BCUT2D eigenvalue weighted by molar-refractivity contribution is 0.0950. The summed E-state index contributed by atoms with van der Waals surface area (Å²) in [4.78, 5) is 28.7. The molecule has 28 heavy (non-hydrogen) atoms. The second-order valence-electron chi connectivity index (χ2n) is 5.75. The van der Waals surface area contributed by atoms with Crippen LogP contribution in [0.2, 0.25) is 4.34 Å². The van der Waals surface area contributed by atoms with E-state index < -0.39 is 0 Å². The first-order valence-corrected chi connectivity index (χ1v) is 9.44. The third kappa shape index (κ3) is 3.88. The van der Waals surface area contributed by atoms with Crippen LogP contribution >= 0.6 is 22.9 Å². The van der Waals surface area contributed by atoms with Crippen LogP contribution in [0.25, 0.3) is 17.1 Å². The van der Waals surface area contributed by atoms with Crippen molar-refractivity contribution in [2.24, 2.45) is 0 Å². The first-order chi connectivity index (χ1) is 13.6. The van der Waals surface area contributed by atoms with E-state index in [9.17, 15) is 9.59 Å². The predicted molar refractivity (Wildman–Crippen MR) is 106 cm³/mol. The Morgan fingerprint density at radius 1 is 1.14 bits per heavy atom. The van der Waals surface area contributed by atoms with Gasteiger partial charge in [-0.15, -0.1) is 11.3 Å². The Balaban J connectivity index is 1.45. The highest BCUT2D eigenvalue weighted by molar-refractivity contribution is 7.17. The fraction of sp³-hybridized carbons (Fsp3) is 0.0526. The number of carbonyl (C=O) groups is 1. The lowest BCUT2D eigenvalue weighted by atomic mass is 10.2. The van der Waals surface area contributed by atoms with E-state index in [1.54, 1.807) is 54.7 Å². The molecule has 0 radical (unpaired) electrons. The number of hydrogen-bond acceptors (Lipinski definition) is 6. The summed E-state index contributed by atoms with van der Waals surface area (Å²) in [5, 5.41) is 6.65. The molecule has 0 atom stereocenters. The molecular weight excluding hydrogens is 400 g/mol. The summed E-state index contributed by atoms with van der Waals surface area (Å²) in [6, 6.07) is 15.5. The number of thiophene rings is 1. The smallest absolute Gasteiger partial charge is 0.261 e. The van der Waals surface area contributed by atoms with Gasteiger partial charge in [-0.1, -0.05) is 22.8 Å². The van der Waals surface area contributed by atoms with Crippen molar-refractivity contribution in [3.8, 4) is 17.1 Å². The van der Waals surface area contributed by atoms with E-state index in [4.69, 9.17) is 16.1 Å². The zero-order valence-corrected chi connectivity index (χ0v) is 15.9. The molecule has 0 saturated heterocycles. The number of hydrogen-bond donors (Lipinski definition) is 1. The number of halogens is 1. The van der Waals surface area contributed by atoms with Gasteiger partial charge in [-0.2, -0.15) is 4.98 Å². The fourth-order valence-electron chi connectivity index (χ4n) is 2.54. The molecular formula is C19H13ClN4O3S. The van der Waals surface area contributed by atoms with Crippen LogP contribution in [0, 0.1) is 0 Å². The minimum absolute atomic E-state index is 0.110. The maximum absolute atomic E-state index is 12.0. The van der Waals surface area contributed by atoms with Crippen LogP contribution in [-0.4, -0.2) is 20.6 Å². The van der Waals surface area contributed by atoms with Crippen molar-refractivity contribution in [2.75, 3.05) is 0 Å². The van der Waals surface area contributed by atoms with Crippen LogP contribution in [0.5, 0.6) is 0 Å². The van der Waals surface area contributed by atoms with Gasteiger partial charge in [0, 0.05) is 23.5 Å². The summed E-state index contributed by atoms with van der Waals surface area (Å²) >= 11 is 7.03. The molecule has 1 aromatic carbocycles. The first-order valence-electron chi connectivity index (χ1n) is 8.25. The van der Waals surface area contributed by atoms with E-state index in [0.29, 0.717) is 15.0 Å². The van der Waals surface area contributed by atoms with Crippen molar-refractivity contribution in [1.82, 2.24) is 20.0 Å². The van der Waals surface area contributed by atoms with Crippen LogP contribution in [-0.2, 0) is 6.54 Å². The lowest BCUT2D eigenvalue weighted by Crippen LogP contribution is -2.21. The predicted octanol–water partition coefficient (Wildman–Crippen LogP) is 3.53. The van der Waals surface area contributed by atoms with Crippen molar-refractivity contribution < 1.29 is 9.32 Å². The van der Waals surface area contributed by atoms with Crippen molar-refractivity contribution in [2.45, 2.75) is 6.54 Å². The number of pyridine rings is 1. The third-order valence-electron chi connectivity index (χ3n) is 3.89. The van der Waals surface area contributed by atoms with Crippen molar-refractivity contribution >= 4 is 28.8 Å². The summed E-state index contributed by atoms with van der Waals surface area (Å²) in [5.74, 6) is 0.430. The standard InChI is InChI=1S/C19H13ClN4O3S/c20-15-9-8-14(28-15)19(26)21-11-16-22-18(23-27-16)12-4-6-13(7-5-12)24-10-2-1-3-17(24)25/h1-10H,11H2,(H,21,26). The fourth-order valence-corrected chi connectivity index (χ4v) is 3.49.